The highest BCUT2D eigenvalue weighted by Crippen LogP contribution is 2.18. The topological polar surface area (TPSA) is 89.3 Å². The number of hydrogen-bond donors (Lipinski definition) is 2. The molecule has 2 aromatic carbocycles. The molecule has 1 unspecified atom stereocenters. The van der Waals surface area contributed by atoms with Gasteiger partial charge in [-0.05, 0) is 48.1 Å². The molecular formula is C19H24N2O3S. The molecular weight excluding hydrogens is 336 g/mol. The molecule has 0 radical (unpaired) electrons. The van der Waals surface area contributed by atoms with Crippen LogP contribution in [0.25, 0.3) is 0 Å². The minimum absolute atomic E-state index is 0.125. The minimum atomic E-state index is -3.63. The standard InChI is InChI=1S/C19H24N2O3S/c1-14(2)17(12-15-6-4-3-5-7-15)13-21-25(23,24)18-10-8-16(9-11-18)19(20)22/h3-11,14,17,21H,12-13H2,1-2H3,(H2,20,22). The summed E-state index contributed by atoms with van der Waals surface area (Å²) in [5.74, 6) is -0.0677. The minimum Gasteiger partial charge on any atom is -0.366 e. The predicted molar refractivity (Wildman–Crippen MR) is 98.6 cm³/mol. The Hall–Kier alpha value is -2.18. The van der Waals surface area contributed by atoms with Crippen molar-refractivity contribution in [1.29, 1.82) is 0 Å². The highest BCUT2D eigenvalue weighted by atomic mass is 32.2. The van der Waals surface area contributed by atoms with E-state index >= 15 is 0 Å². The Kier molecular flexibility index (Phi) is 6.33. The fraction of sp³-hybridized carbons (Fsp3) is 0.316. The van der Waals surface area contributed by atoms with Gasteiger partial charge in [0.05, 0.1) is 4.90 Å². The summed E-state index contributed by atoms with van der Waals surface area (Å²) in [6, 6.07) is 15.6. The van der Waals surface area contributed by atoms with Gasteiger partial charge in [0, 0.05) is 12.1 Å². The van der Waals surface area contributed by atoms with E-state index < -0.39 is 15.9 Å². The van der Waals surface area contributed by atoms with Crippen LogP contribution in [0.15, 0.2) is 59.5 Å². The van der Waals surface area contributed by atoms with E-state index in [4.69, 9.17) is 5.73 Å². The average Bonchev–Trinajstić information content (AvgIpc) is 2.59. The first-order valence-corrected chi connectivity index (χ1v) is 9.71. The zero-order chi connectivity index (χ0) is 18.4. The monoisotopic (exact) mass is 360 g/mol. The molecule has 1 amide bonds. The largest absolute Gasteiger partial charge is 0.366 e. The van der Waals surface area contributed by atoms with Crippen molar-refractivity contribution >= 4 is 15.9 Å². The lowest BCUT2D eigenvalue weighted by Gasteiger charge is -2.21. The number of nitrogens with two attached hydrogens (primary N) is 1. The van der Waals surface area contributed by atoms with Crippen LogP contribution >= 0.6 is 0 Å². The maximum Gasteiger partial charge on any atom is 0.248 e. The highest BCUT2D eigenvalue weighted by Gasteiger charge is 2.20. The Bertz CT molecular complexity index is 800. The maximum absolute atomic E-state index is 12.5. The van der Waals surface area contributed by atoms with E-state index in [0.717, 1.165) is 6.42 Å². The van der Waals surface area contributed by atoms with Gasteiger partial charge in [0.25, 0.3) is 0 Å². The Morgan fingerprint density at radius 1 is 1.04 bits per heavy atom. The fourth-order valence-corrected chi connectivity index (χ4v) is 3.65. The van der Waals surface area contributed by atoms with Crippen LogP contribution in [0.1, 0.15) is 29.8 Å². The molecule has 0 saturated carbocycles. The van der Waals surface area contributed by atoms with Crippen molar-refractivity contribution in [2.24, 2.45) is 17.6 Å². The van der Waals surface area contributed by atoms with Crippen molar-refractivity contribution in [2.45, 2.75) is 25.2 Å². The number of sulfonamides is 1. The molecule has 0 bridgehead atoms. The smallest absolute Gasteiger partial charge is 0.248 e. The molecule has 2 rings (SSSR count). The fourth-order valence-electron chi connectivity index (χ4n) is 2.56. The number of primary amides is 1. The summed E-state index contributed by atoms with van der Waals surface area (Å²) < 4.78 is 27.6. The maximum atomic E-state index is 12.5. The van der Waals surface area contributed by atoms with Gasteiger partial charge in [0.2, 0.25) is 15.9 Å². The lowest BCUT2D eigenvalue weighted by molar-refractivity contribution is 0.1000. The van der Waals surface area contributed by atoms with Crippen LogP contribution in [0.2, 0.25) is 0 Å². The molecule has 0 aliphatic rings. The van der Waals surface area contributed by atoms with E-state index in [2.05, 4.69) is 18.6 Å². The van der Waals surface area contributed by atoms with E-state index in [1.54, 1.807) is 0 Å². The van der Waals surface area contributed by atoms with Crippen LogP contribution in [-0.4, -0.2) is 20.9 Å². The van der Waals surface area contributed by atoms with Crippen molar-refractivity contribution in [1.82, 2.24) is 4.72 Å². The van der Waals surface area contributed by atoms with Crippen molar-refractivity contribution in [2.75, 3.05) is 6.54 Å². The molecule has 0 aliphatic heterocycles. The third-order valence-corrected chi connectivity index (χ3v) is 5.71. The molecule has 1 atom stereocenters. The Labute approximate surface area is 149 Å². The van der Waals surface area contributed by atoms with Gasteiger partial charge in [-0.3, -0.25) is 4.79 Å². The third-order valence-electron chi connectivity index (χ3n) is 4.27. The third kappa shape index (κ3) is 5.41. The lowest BCUT2D eigenvalue weighted by Crippen LogP contribution is -2.32. The van der Waals surface area contributed by atoms with Crippen LogP contribution in [0.3, 0.4) is 0 Å². The molecule has 3 N–H and O–H groups in total. The highest BCUT2D eigenvalue weighted by molar-refractivity contribution is 7.89. The first-order valence-electron chi connectivity index (χ1n) is 8.23. The Morgan fingerprint density at radius 2 is 1.64 bits per heavy atom. The summed E-state index contributed by atoms with van der Waals surface area (Å²) in [6.07, 6.45) is 0.807. The van der Waals surface area contributed by atoms with Gasteiger partial charge < -0.3 is 5.73 Å². The zero-order valence-corrected chi connectivity index (χ0v) is 15.3. The van der Waals surface area contributed by atoms with Crippen molar-refractivity contribution < 1.29 is 13.2 Å². The SMILES string of the molecule is CC(C)C(CNS(=O)(=O)c1ccc(C(N)=O)cc1)Cc1ccccc1. The molecule has 0 saturated heterocycles. The molecule has 0 spiro atoms. The summed E-state index contributed by atoms with van der Waals surface area (Å²) in [7, 11) is -3.63. The summed E-state index contributed by atoms with van der Waals surface area (Å²) in [5, 5.41) is 0. The van der Waals surface area contributed by atoms with Gasteiger partial charge in [0.1, 0.15) is 0 Å². The van der Waals surface area contributed by atoms with Crippen LogP contribution in [0.5, 0.6) is 0 Å². The van der Waals surface area contributed by atoms with Gasteiger partial charge in [-0.2, -0.15) is 0 Å². The van der Waals surface area contributed by atoms with E-state index in [1.165, 1.54) is 29.8 Å². The van der Waals surface area contributed by atoms with Crippen LogP contribution in [-0.2, 0) is 16.4 Å². The van der Waals surface area contributed by atoms with Crippen LogP contribution < -0.4 is 10.5 Å². The zero-order valence-electron chi connectivity index (χ0n) is 14.5. The van der Waals surface area contributed by atoms with Crippen molar-refractivity contribution in [3.8, 4) is 0 Å². The molecule has 25 heavy (non-hydrogen) atoms. The van der Waals surface area contributed by atoms with Crippen molar-refractivity contribution in [3.05, 3.63) is 65.7 Å². The lowest BCUT2D eigenvalue weighted by atomic mass is 9.89. The molecule has 2 aromatic rings. The molecule has 134 valence electrons. The second kappa shape index (κ2) is 8.27. The Morgan fingerprint density at radius 3 is 2.16 bits per heavy atom. The van der Waals surface area contributed by atoms with Gasteiger partial charge in [0.15, 0.2) is 0 Å². The number of carbonyl (C=O) groups is 1. The second-order valence-corrected chi connectivity index (χ2v) is 8.20. The van der Waals surface area contributed by atoms with Gasteiger partial charge in [-0.1, -0.05) is 44.2 Å². The van der Waals surface area contributed by atoms with Gasteiger partial charge >= 0.3 is 0 Å². The number of rotatable bonds is 8. The molecule has 5 nitrogen and oxygen atoms in total. The predicted octanol–water partition coefficient (Wildman–Crippen LogP) is 2.58. The van der Waals surface area contributed by atoms with E-state index in [-0.39, 0.29) is 16.4 Å². The molecule has 0 heterocycles. The molecule has 6 heteroatoms. The van der Waals surface area contributed by atoms with Crippen molar-refractivity contribution in [3.63, 3.8) is 0 Å². The van der Waals surface area contributed by atoms with E-state index in [1.807, 2.05) is 30.3 Å². The van der Waals surface area contributed by atoms with Crippen LogP contribution in [0.4, 0.5) is 0 Å². The molecule has 0 fully saturated rings. The van der Waals surface area contributed by atoms with E-state index in [0.29, 0.717) is 12.5 Å². The summed E-state index contributed by atoms with van der Waals surface area (Å²) in [5.41, 5.74) is 6.64. The first-order chi connectivity index (χ1) is 11.8. The van der Waals surface area contributed by atoms with Crippen LogP contribution in [0, 0.1) is 11.8 Å². The Balaban J connectivity index is 2.06. The number of amides is 1. The van der Waals surface area contributed by atoms with E-state index in [9.17, 15) is 13.2 Å². The summed E-state index contributed by atoms with van der Waals surface area (Å²) in [6.45, 7) is 4.53. The van der Waals surface area contributed by atoms with Gasteiger partial charge in [-0.25, -0.2) is 13.1 Å². The molecule has 0 aliphatic carbocycles. The second-order valence-electron chi connectivity index (χ2n) is 6.43. The normalized spacial score (nSPS) is 12.9. The average molecular weight is 360 g/mol. The first kappa shape index (κ1) is 19.1. The summed E-state index contributed by atoms with van der Waals surface area (Å²) in [4.78, 5) is 11.2. The summed E-state index contributed by atoms with van der Waals surface area (Å²) >= 11 is 0. The quantitative estimate of drug-likeness (QED) is 0.758. The molecule has 0 aromatic heterocycles. The number of hydrogen-bond acceptors (Lipinski definition) is 3. The number of nitrogens with one attached hydrogen (secondary N) is 1. The number of benzene rings is 2. The number of carbonyl (C=O) groups excluding carboxylic acids is 1. The van der Waals surface area contributed by atoms with Gasteiger partial charge in [-0.15, -0.1) is 0 Å².